The van der Waals surface area contributed by atoms with Gasteiger partial charge in [0.25, 0.3) is 0 Å². The predicted octanol–water partition coefficient (Wildman–Crippen LogP) is 4.58. The Kier molecular flexibility index (Phi) is 5.28. The van der Waals surface area contributed by atoms with E-state index in [2.05, 4.69) is 24.3 Å². The summed E-state index contributed by atoms with van der Waals surface area (Å²) in [6, 6.07) is 13.7. The summed E-state index contributed by atoms with van der Waals surface area (Å²) in [6.45, 7) is 3.99. The molecule has 2 aromatic rings. The maximum Gasteiger partial charge on any atom is 0.339 e. The zero-order valence-corrected chi connectivity index (χ0v) is 13.4. The van der Waals surface area contributed by atoms with E-state index in [1.165, 1.54) is 11.1 Å². The van der Waals surface area contributed by atoms with Crippen molar-refractivity contribution < 1.29 is 15.0 Å². The second kappa shape index (κ2) is 7.18. The number of carboxylic acids is 1. The van der Waals surface area contributed by atoms with Crippen molar-refractivity contribution in [1.82, 2.24) is 0 Å². The van der Waals surface area contributed by atoms with Gasteiger partial charge in [0.1, 0.15) is 5.57 Å². The average Bonchev–Trinajstić information content (AvgIpc) is 2.48. The van der Waals surface area contributed by atoms with Gasteiger partial charge >= 0.3 is 5.97 Å². The maximum absolute atomic E-state index is 11.3. The Balaban J connectivity index is 2.30. The molecular weight excluding hydrogens is 296 g/mol. The summed E-state index contributed by atoms with van der Waals surface area (Å²) in [7, 11) is 0. The van der Waals surface area contributed by atoms with E-state index < -0.39 is 5.97 Å². The number of hydrogen-bond acceptors (Lipinski definition) is 3. The molecule has 4 heteroatoms. The Labute approximate surface area is 134 Å². The summed E-state index contributed by atoms with van der Waals surface area (Å²) in [6.07, 6.45) is 0.660. The molecule has 0 fully saturated rings. The van der Waals surface area contributed by atoms with Crippen molar-refractivity contribution in [1.29, 1.82) is 0 Å². The van der Waals surface area contributed by atoms with Crippen LogP contribution in [0.25, 0.3) is 5.57 Å². The van der Waals surface area contributed by atoms with Gasteiger partial charge in [-0.15, -0.1) is 11.8 Å². The topological polar surface area (TPSA) is 57.5 Å². The van der Waals surface area contributed by atoms with Gasteiger partial charge in [-0.05, 0) is 25.0 Å². The SMILES string of the molecule is Cc1ccc(CSc2c(C)cccc2C(=CO)C(=O)O)cc1. The van der Waals surface area contributed by atoms with E-state index in [1.54, 1.807) is 23.9 Å². The van der Waals surface area contributed by atoms with Gasteiger partial charge < -0.3 is 10.2 Å². The highest BCUT2D eigenvalue weighted by molar-refractivity contribution is 7.98. The van der Waals surface area contributed by atoms with Crippen molar-refractivity contribution >= 4 is 23.3 Å². The van der Waals surface area contributed by atoms with Gasteiger partial charge in [0, 0.05) is 16.2 Å². The van der Waals surface area contributed by atoms with E-state index in [-0.39, 0.29) is 5.57 Å². The minimum Gasteiger partial charge on any atom is -0.515 e. The van der Waals surface area contributed by atoms with E-state index in [9.17, 15) is 15.0 Å². The van der Waals surface area contributed by atoms with Crippen molar-refractivity contribution in [2.45, 2.75) is 24.5 Å². The van der Waals surface area contributed by atoms with Crippen LogP contribution in [-0.2, 0) is 10.5 Å². The summed E-state index contributed by atoms with van der Waals surface area (Å²) in [5.74, 6) is -0.388. The van der Waals surface area contributed by atoms with Gasteiger partial charge in [0.05, 0.1) is 6.26 Å². The number of rotatable bonds is 5. The summed E-state index contributed by atoms with van der Waals surface area (Å²) < 4.78 is 0. The third-order valence-corrected chi connectivity index (χ3v) is 4.67. The number of aliphatic hydroxyl groups excluding tert-OH is 1. The molecule has 0 spiro atoms. The summed E-state index contributed by atoms with van der Waals surface area (Å²) in [4.78, 5) is 12.1. The molecule has 22 heavy (non-hydrogen) atoms. The highest BCUT2D eigenvalue weighted by Crippen LogP contribution is 2.33. The molecule has 0 saturated carbocycles. The van der Waals surface area contributed by atoms with Crippen LogP contribution < -0.4 is 0 Å². The molecule has 0 amide bonds. The number of benzene rings is 2. The van der Waals surface area contributed by atoms with Crippen molar-refractivity contribution in [2.24, 2.45) is 0 Å². The van der Waals surface area contributed by atoms with Gasteiger partial charge in [0.15, 0.2) is 0 Å². The normalized spacial score (nSPS) is 11.5. The van der Waals surface area contributed by atoms with E-state index in [0.29, 0.717) is 11.8 Å². The minimum absolute atomic E-state index is 0.0879. The number of aliphatic hydroxyl groups is 1. The Hall–Kier alpha value is -2.20. The second-order valence-electron chi connectivity index (χ2n) is 5.07. The fourth-order valence-electron chi connectivity index (χ4n) is 2.14. The van der Waals surface area contributed by atoms with Crippen LogP contribution in [0.4, 0.5) is 0 Å². The second-order valence-corrected chi connectivity index (χ2v) is 6.06. The molecule has 2 aromatic carbocycles. The zero-order valence-electron chi connectivity index (χ0n) is 12.5. The first-order valence-corrected chi connectivity index (χ1v) is 7.87. The molecular formula is C18H18O3S. The van der Waals surface area contributed by atoms with Gasteiger partial charge in [0.2, 0.25) is 0 Å². The zero-order chi connectivity index (χ0) is 16.1. The Morgan fingerprint density at radius 1 is 1.14 bits per heavy atom. The molecule has 0 bridgehead atoms. The van der Waals surface area contributed by atoms with Crippen LogP contribution in [0.15, 0.2) is 53.6 Å². The molecule has 0 saturated heterocycles. The molecule has 2 rings (SSSR count). The molecule has 114 valence electrons. The molecule has 0 aliphatic carbocycles. The molecule has 0 aliphatic rings. The van der Waals surface area contributed by atoms with E-state index >= 15 is 0 Å². The van der Waals surface area contributed by atoms with Gasteiger partial charge in [-0.2, -0.15) is 0 Å². The van der Waals surface area contributed by atoms with E-state index in [4.69, 9.17) is 0 Å². The van der Waals surface area contributed by atoms with Crippen molar-refractivity contribution in [3.63, 3.8) is 0 Å². The van der Waals surface area contributed by atoms with Crippen molar-refractivity contribution in [2.75, 3.05) is 0 Å². The largest absolute Gasteiger partial charge is 0.515 e. The van der Waals surface area contributed by atoms with Gasteiger partial charge in [-0.3, -0.25) is 0 Å². The molecule has 0 aliphatic heterocycles. The Morgan fingerprint density at radius 2 is 1.82 bits per heavy atom. The van der Waals surface area contributed by atoms with Crippen LogP contribution in [0.5, 0.6) is 0 Å². The molecule has 0 heterocycles. The van der Waals surface area contributed by atoms with Crippen LogP contribution in [-0.4, -0.2) is 16.2 Å². The molecule has 2 N–H and O–H groups in total. The molecule has 0 unspecified atom stereocenters. The van der Waals surface area contributed by atoms with E-state index in [0.717, 1.165) is 16.2 Å². The third-order valence-electron chi connectivity index (χ3n) is 3.37. The van der Waals surface area contributed by atoms with E-state index in [1.807, 2.05) is 19.9 Å². The van der Waals surface area contributed by atoms with Crippen molar-refractivity contribution in [3.05, 3.63) is 71.0 Å². The number of carboxylic acid groups (broad SMARTS) is 1. The number of hydrogen-bond donors (Lipinski definition) is 2. The molecule has 0 atom stereocenters. The van der Waals surface area contributed by atoms with Crippen LogP contribution >= 0.6 is 11.8 Å². The number of carbonyl (C=O) groups is 1. The smallest absolute Gasteiger partial charge is 0.339 e. The molecule has 0 aromatic heterocycles. The highest BCUT2D eigenvalue weighted by atomic mass is 32.2. The van der Waals surface area contributed by atoms with Crippen LogP contribution in [0, 0.1) is 13.8 Å². The summed E-state index contributed by atoms with van der Waals surface area (Å²) in [5, 5.41) is 18.4. The fraction of sp³-hybridized carbons (Fsp3) is 0.167. The predicted molar refractivity (Wildman–Crippen MR) is 90.2 cm³/mol. The standard InChI is InChI=1S/C18H18O3S/c1-12-6-8-14(9-7-12)11-22-17-13(2)4-3-5-15(17)16(10-19)18(20)21/h3-10,19H,11H2,1-2H3,(H,20,21). The highest BCUT2D eigenvalue weighted by Gasteiger charge is 2.16. The number of aryl methyl sites for hydroxylation is 2. The lowest BCUT2D eigenvalue weighted by Crippen LogP contribution is -2.02. The number of aliphatic carboxylic acids is 1. The molecule has 0 radical (unpaired) electrons. The summed E-state index contributed by atoms with van der Waals surface area (Å²) in [5.41, 5.74) is 3.84. The van der Waals surface area contributed by atoms with Gasteiger partial charge in [-0.25, -0.2) is 4.79 Å². The first-order valence-electron chi connectivity index (χ1n) is 6.89. The van der Waals surface area contributed by atoms with Crippen molar-refractivity contribution in [3.8, 4) is 0 Å². The third kappa shape index (κ3) is 3.71. The minimum atomic E-state index is -1.13. The number of thioether (sulfide) groups is 1. The molecule has 3 nitrogen and oxygen atoms in total. The quantitative estimate of drug-likeness (QED) is 0.482. The van der Waals surface area contributed by atoms with Gasteiger partial charge in [-0.1, -0.05) is 48.0 Å². The fourth-order valence-corrected chi connectivity index (χ4v) is 3.27. The Morgan fingerprint density at radius 3 is 2.41 bits per heavy atom. The van der Waals surface area contributed by atoms with Crippen LogP contribution in [0.2, 0.25) is 0 Å². The van der Waals surface area contributed by atoms with Crippen LogP contribution in [0.3, 0.4) is 0 Å². The first kappa shape index (κ1) is 16.2. The average molecular weight is 314 g/mol. The lowest BCUT2D eigenvalue weighted by atomic mass is 10.0. The Bertz CT molecular complexity index is 703. The summed E-state index contributed by atoms with van der Waals surface area (Å²) >= 11 is 1.58. The lowest BCUT2D eigenvalue weighted by Gasteiger charge is -2.12. The maximum atomic E-state index is 11.3. The first-order chi connectivity index (χ1) is 10.5. The monoisotopic (exact) mass is 314 g/mol. The lowest BCUT2D eigenvalue weighted by molar-refractivity contribution is -0.130. The van der Waals surface area contributed by atoms with Crippen LogP contribution in [0.1, 0.15) is 22.3 Å².